The van der Waals surface area contributed by atoms with Gasteiger partial charge in [-0.3, -0.25) is 14.4 Å². The third-order valence-corrected chi connectivity index (χ3v) is 13.0. The summed E-state index contributed by atoms with van der Waals surface area (Å²) in [5.41, 5.74) is -0.0318. The molecule has 1 saturated heterocycles. The highest BCUT2D eigenvalue weighted by Crippen LogP contribution is 2.72. The maximum atomic E-state index is 13.9. The zero-order valence-electron chi connectivity index (χ0n) is 32.7. The van der Waals surface area contributed by atoms with E-state index in [4.69, 9.17) is 32.8 Å². The molecule has 3 fully saturated rings. The van der Waals surface area contributed by atoms with Crippen molar-refractivity contribution >= 4 is 29.8 Å². The van der Waals surface area contributed by atoms with Gasteiger partial charge in [-0.1, -0.05) is 38.5 Å². The number of hydrogen-bond acceptors (Lipinski definition) is 12. The van der Waals surface area contributed by atoms with E-state index in [-0.39, 0.29) is 25.4 Å². The standard InChI is InChI=1S/C41H54O12/c1-12-21(3)37(45)52-31-18-30(51-25(7)43)39(8)20-49-34-35(39)40(31,9)29(17-32(44)47-11)41(10,36(34)53-38(46)22(4)13-2)33-23(5)27(26-14-15-48-19-26)16-28(33)50-24(6)42/h12-15,19,27-31,34-36H,16-18,20H2,1-11H3. The van der Waals surface area contributed by atoms with E-state index in [1.807, 2.05) is 33.8 Å². The van der Waals surface area contributed by atoms with E-state index in [2.05, 4.69) is 0 Å². The quantitative estimate of drug-likeness (QED) is 0.114. The predicted molar refractivity (Wildman–Crippen MR) is 191 cm³/mol. The topological polar surface area (TPSA) is 154 Å². The minimum atomic E-state index is -1.28. The molecule has 0 amide bonds. The number of allylic oxidation sites excluding steroid dienone is 3. The summed E-state index contributed by atoms with van der Waals surface area (Å²) in [6.07, 6.45) is 2.59. The van der Waals surface area contributed by atoms with Gasteiger partial charge in [0.25, 0.3) is 0 Å². The van der Waals surface area contributed by atoms with Crippen LogP contribution < -0.4 is 0 Å². The molecule has 0 radical (unpaired) electrons. The van der Waals surface area contributed by atoms with Crippen LogP contribution in [-0.4, -0.2) is 74.1 Å². The first-order valence-corrected chi connectivity index (χ1v) is 18.3. The number of furan rings is 1. The zero-order valence-corrected chi connectivity index (χ0v) is 32.7. The second-order valence-electron chi connectivity index (χ2n) is 15.8. The van der Waals surface area contributed by atoms with E-state index in [0.29, 0.717) is 23.1 Å². The first-order valence-electron chi connectivity index (χ1n) is 18.3. The molecule has 0 spiro atoms. The van der Waals surface area contributed by atoms with Crippen LogP contribution in [0.3, 0.4) is 0 Å². The van der Waals surface area contributed by atoms with Crippen molar-refractivity contribution in [3.8, 4) is 0 Å². The summed E-state index contributed by atoms with van der Waals surface area (Å²) in [4.78, 5) is 66.8. The Hall–Kier alpha value is -4.19. The largest absolute Gasteiger partial charge is 0.472 e. The summed E-state index contributed by atoms with van der Waals surface area (Å²) >= 11 is 0. The third kappa shape index (κ3) is 6.65. The lowest BCUT2D eigenvalue weighted by Gasteiger charge is -2.66. The molecule has 4 aliphatic rings. The van der Waals surface area contributed by atoms with Gasteiger partial charge in [0.15, 0.2) is 0 Å². The van der Waals surface area contributed by atoms with Gasteiger partial charge in [-0.2, -0.15) is 0 Å². The number of carbonyl (C=O) groups excluding carboxylic acids is 5. The summed E-state index contributed by atoms with van der Waals surface area (Å²) in [5.74, 6) is -4.22. The molecule has 53 heavy (non-hydrogen) atoms. The Balaban J connectivity index is 1.87. The van der Waals surface area contributed by atoms with E-state index in [1.165, 1.54) is 21.0 Å². The molecule has 1 aromatic rings. The molecule has 290 valence electrons. The molecule has 0 bridgehead atoms. The van der Waals surface area contributed by atoms with Crippen molar-refractivity contribution in [2.24, 2.45) is 28.1 Å². The van der Waals surface area contributed by atoms with Crippen molar-refractivity contribution in [2.45, 2.75) is 125 Å². The molecule has 5 rings (SSSR count). The fourth-order valence-corrected chi connectivity index (χ4v) is 10.3. The second kappa shape index (κ2) is 14.9. The van der Waals surface area contributed by atoms with Crippen molar-refractivity contribution in [3.05, 3.63) is 58.6 Å². The summed E-state index contributed by atoms with van der Waals surface area (Å²) in [6, 6.07) is 1.86. The number of ether oxygens (including phenoxy) is 6. The average molecular weight is 739 g/mol. The van der Waals surface area contributed by atoms with Crippen LogP contribution >= 0.6 is 0 Å². The Morgan fingerprint density at radius 3 is 2.04 bits per heavy atom. The van der Waals surface area contributed by atoms with Crippen LogP contribution in [0.25, 0.3) is 0 Å². The van der Waals surface area contributed by atoms with E-state index >= 15 is 0 Å². The molecule has 0 aromatic carbocycles. The van der Waals surface area contributed by atoms with Gasteiger partial charge in [0.05, 0.1) is 32.3 Å². The molecule has 1 aromatic heterocycles. The smallest absolute Gasteiger partial charge is 0.333 e. The van der Waals surface area contributed by atoms with Gasteiger partial charge in [0.2, 0.25) is 0 Å². The van der Waals surface area contributed by atoms with Crippen LogP contribution in [-0.2, 0) is 52.4 Å². The highest BCUT2D eigenvalue weighted by molar-refractivity contribution is 5.88. The molecule has 1 aliphatic heterocycles. The molecule has 2 heterocycles. The lowest BCUT2D eigenvalue weighted by molar-refractivity contribution is -0.260. The summed E-state index contributed by atoms with van der Waals surface area (Å²) in [7, 11) is 1.31. The first-order chi connectivity index (χ1) is 24.9. The number of rotatable bonds is 10. The van der Waals surface area contributed by atoms with Crippen molar-refractivity contribution in [1.82, 2.24) is 0 Å². The highest BCUT2D eigenvalue weighted by atomic mass is 16.6. The van der Waals surface area contributed by atoms with Crippen LogP contribution in [0.5, 0.6) is 0 Å². The van der Waals surface area contributed by atoms with Crippen LogP contribution in [0.15, 0.2) is 57.5 Å². The number of esters is 5. The molecule has 2 saturated carbocycles. The maximum absolute atomic E-state index is 13.9. The molecular formula is C41H54O12. The lowest BCUT2D eigenvalue weighted by Crippen LogP contribution is -2.72. The molecule has 12 nitrogen and oxygen atoms in total. The van der Waals surface area contributed by atoms with Gasteiger partial charge in [-0.05, 0) is 64.2 Å². The number of hydrogen-bond donors (Lipinski definition) is 0. The normalized spacial score (nSPS) is 36.7. The van der Waals surface area contributed by atoms with Gasteiger partial charge in [-0.15, -0.1) is 0 Å². The fraction of sp³-hybridized carbons (Fsp3) is 0.634. The van der Waals surface area contributed by atoms with E-state index in [9.17, 15) is 24.0 Å². The third-order valence-electron chi connectivity index (χ3n) is 13.0. The number of methoxy groups -OCH3 is 1. The van der Waals surface area contributed by atoms with E-state index < -0.39 is 88.4 Å². The monoisotopic (exact) mass is 738 g/mol. The second-order valence-corrected chi connectivity index (χ2v) is 15.8. The zero-order chi connectivity index (χ0) is 39.2. The molecule has 3 aliphatic carbocycles. The van der Waals surface area contributed by atoms with Crippen LogP contribution in [0, 0.1) is 28.1 Å². The highest BCUT2D eigenvalue weighted by Gasteiger charge is 2.77. The molecule has 11 atom stereocenters. The number of carbonyl (C=O) groups is 5. The predicted octanol–water partition coefficient (Wildman–Crippen LogP) is 6.33. The molecular weight excluding hydrogens is 684 g/mol. The van der Waals surface area contributed by atoms with Crippen LogP contribution in [0.4, 0.5) is 0 Å². The van der Waals surface area contributed by atoms with Gasteiger partial charge >= 0.3 is 29.8 Å². The van der Waals surface area contributed by atoms with Gasteiger partial charge < -0.3 is 32.8 Å². The van der Waals surface area contributed by atoms with Gasteiger partial charge in [0, 0.05) is 65.9 Å². The molecule has 11 unspecified atom stereocenters. The van der Waals surface area contributed by atoms with Crippen molar-refractivity contribution < 1.29 is 56.8 Å². The summed E-state index contributed by atoms with van der Waals surface area (Å²) in [5, 5.41) is 0. The minimum Gasteiger partial charge on any atom is -0.472 e. The fourth-order valence-electron chi connectivity index (χ4n) is 10.3. The van der Waals surface area contributed by atoms with Crippen molar-refractivity contribution in [1.29, 1.82) is 0 Å². The minimum absolute atomic E-state index is 0.126. The Labute approximate surface area is 311 Å². The van der Waals surface area contributed by atoms with E-state index in [0.717, 1.165) is 11.1 Å². The summed E-state index contributed by atoms with van der Waals surface area (Å²) < 4.78 is 42.8. The Bertz CT molecular complexity index is 1720. The van der Waals surface area contributed by atoms with Crippen molar-refractivity contribution in [3.63, 3.8) is 0 Å². The summed E-state index contributed by atoms with van der Waals surface area (Å²) in [6.45, 7) is 17.5. The Kier molecular flexibility index (Phi) is 11.3. The maximum Gasteiger partial charge on any atom is 0.333 e. The van der Waals surface area contributed by atoms with E-state index in [1.54, 1.807) is 52.4 Å². The van der Waals surface area contributed by atoms with Gasteiger partial charge in [-0.25, -0.2) is 9.59 Å². The SMILES string of the molecule is CC=C(C)C(=O)OC1C2OCC3(C)C(OC(C)=O)CC(OC(=O)C(C)=CC)C(C)(C23)C(CC(=O)OC)C1(C)C1=C(C)C(c2ccoc2)CC1OC(C)=O. The van der Waals surface area contributed by atoms with Crippen LogP contribution in [0.1, 0.15) is 100.0 Å². The van der Waals surface area contributed by atoms with Crippen LogP contribution in [0.2, 0.25) is 0 Å². The van der Waals surface area contributed by atoms with Gasteiger partial charge in [0.1, 0.15) is 24.4 Å². The van der Waals surface area contributed by atoms with Crippen molar-refractivity contribution in [2.75, 3.05) is 13.7 Å². The first kappa shape index (κ1) is 40.0. The average Bonchev–Trinajstić information content (AvgIpc) is 3.84. The molecule has 12 heteroatoms. The molecule has 0 N–H and O–H groups in total. The Morgan fingerprint density at radius 1 is 0.868 bits per heavy atom. The lowest BCUT2D eigenvalue weighted by atomic mass is 9.39. The Morgan fingerprint density at radius 2 is 1.49 bits per heavy atom.